The average Bonchev–Trinajstić information content (AvgIpc) is 2.45. The number of hydrogen-bond acceptors (Lipinski definition) is 2. The van der Waals surface area contributed by atoms with Crippen LogP contribution in [0.15, 0.2) is 42.5 Å². The van der Waals surface area contributed by atoms with Gasteiger partial charge in [0.05, 0.1) is 7.11 Å². The molecule has 0 spiro atoms. The number of benzene rings is 2. The summed E-state index contributed by atoms with van der Waals surface area (Å²) in [5.41, 5.74) is 2.04. The third-order valence-corrected chi connectivity index (χ3v) is 3.58. The van der Waals surface area contributed by atoms with Gasteiger partial charge in [-0.1, -0.05) is 45.7 Å². The molecule has 19 heavy (non-hydrogen) atoms. The lowest BCUT2D eigenvalue weighted by atomic mass is 10.2. The highest BCUT2D eigenvalue weighted by atomic mass is 79.9. The van der Waals surface area contributed by atoms with Crippen molar-refractivity contribution in [1.82, 2.24) is 0 Å². The maximum Gasteiger partial charge on any atom is 0.125 e. The molecule has 2 rings (SSSR count). The van der Waals surface area contributed by atoms with E-state index >= 15 is 0 Å². The number of para-hydroxylation sites is 1. The maximum atomic E-state index is 6.00. The minimum absolute atomic E-state index is 0.424. The Morgan fingerprint density at radius 2 is 1.84 bits per heavy atom. The van der Waals surface area contributed by atoms with Crippen LogP contribution in [0.1, 0.15) is 11.1 Å². The van der Waals surface area contributed by atoms with Crippen LogP contribution < -0.4 is 9.47 Å². The Balaban J connectivity index is 2.16. The van der Waals surface area contributed by atoms with Gasteiger partial charge in [-0.3, -0.25) is 0 Å². The highest BCUT2D eigenvalue weighted by molar-refractivity contribution is 9.08. The van der Waals surface area contributed by atoms with Gasteiger partial charge in [-0.15, -0.1) is 0 Å². The maximum absolute atomic E-state index is 6.00. The van der Waals surface area contributed by atoms with E-state index in [-0.39, 0.29) is 0 Å². The van der Waals surface area contributed by atoms with Gasteiger partial charge in [0, 0.05) is 21.5 Å². The quantitative estimate of drug-likeness (QED) is 0.726. The van der Waals surface area contributed by atoms with Gasteiger partial charge in [-0.05, 0) is 24.3 Å². The third kappa shape index (κ3) is 3.64. The molecule has 100 valence electrons. The number of hydrogen-bond donors (Lipinski definition) is 0. The second kappa shape index (κ2) is 6.83. The molecule has 0 amide bonds. The van der Waals surface area contributed by atoms with E-state index < -0.39 is 0 Å². The van der Waals surface area contributed by atoms with Gasteiger partial charge in [-0.25, -0.2) is 0 Å². The molecule has 0 saturated heterocycles. The fraction of sp³-hybridized carbons (Fsp3) is 0.200. The number of ether oxygens (including phenoxy) is 2. The summed E-state index contributed by atoms with van der Waals surface area (Å²) in [6, 6.07) is 13.4. The zero-order valence-electron chi connectivity index (χ0n) is 10.5. The largest absolute Gasteiger partial charge is 0.496 e. The van der Waals surface area contributed by atoms with E-state index in [4.69, 9.17) is 21.1 Å². The molecule has 0 radical (unpaired) electrons. The molecule has 4 heteroatoms. The summed E-state index contributed by atoms with van der Waals surface area (Å²) in [5, 5.41) is 1.43. The van der Waals surface area contributed by atoms with Crippen molar-refractivity contribution in [1.29, 1.82) is 0 Å². The summed E-state index contributed by atoms with van der Waals surface area (Å²) in [5.74, 6) is 1.64. The molecular formula is C15H14BrClO2. The Morgan fingerprint density at radius 3 is 2.58 bits per heavy atom. The van der Waals surface area contributed by atoms with Crippen LogP contribution in [0.3, 0.4) is 0 Å². The lowest BCUT2D eigenvalue weighted by molar-refractivity contribution is 0.294. The minimum atomic E-state index is 0.424. The molecule has 0 aliphatic carbocycles. The van der Waals surface area contributed by atoms with Crippen molar-refractivity contribution in [3.8, 4) is 11.5 Å². The molecule has 0 heterocycles. The zero-order chi connectivity index (χ0) is 13.7. The van der Waals surface area contributed by atoms with Crippen LogP contribution in [-0.2, 0) is 11.9 Å². The zero-order valence-corrected chi connectivity index (χ0v) is 12.9. The van der Waals surface area contributed by atoms with E-state index in [0.29, 0.717) is 11.6 Å². The Morgan fingerprint density at radius 1 is 1.05 bits per heavy atom. The molecule has 0 atom stereocenters. The summed E-state index contributed by atoms with van der Waals surface area (Å²) < 4.78 is 11.1. The normalized spacial score (nSPS) is 10.3. The number of alkyl halides is 1. The molecule has 0 bridgehead atoms. The number of methoxy groups -OCH3 is 1. The van der Waals surface area contributed by atoms with Gasteiger partial charge in [0.2, 0.25) is 0 Å². The molecule has 0 aromatic heterocycles. The van der Waals surface area contributed by atoms with E-state index in [2.05, 4.69) is 15.9 Å². The Labute approximate surface area is 126 Å². The van der Waals surface area contributed by atoms with E-state index in [1.165, 1.54) is 0 Å². The first-order valence-electron chi connectivity index (χ1n) is 5.83. The van der Waals surface area contributed by atoms with Crippen molar-refractivity contribution in [3.63, 3.8) is 0 Å². The predicted molar refractivity (Wildman–Crippen MR) is 81.4 cm³/mol. The first-order chi connectivity index (χ1) is 9.24. The Bertz CT molecular complexity index is 558. The smallest absolute Gasteiger partial charge is 0.125 e. The molecule has 0 aliphatic rings. The lowest BCUT2D eigenvalue weighted by Gasteiger charge is -2.12. The molecule has 0 unspecified atom stereocenters. The third-order valence-electron chi connectivity index (χ3n) is 2.74. The standard InChI is InChI=1S/C15H14BrClO2/c1-18-14-7-6-13(17)8-12(14)10-19-15-5-3-2-4-11(15)9-16/h2-8H,9-10H2,1H3. The topological polar surface area (TPSA) is 18.5 Å². The monoisotopic (exact) mass is 340 g/mol. The second-order valence-corrected chi connectivity index (χ2v) is 4.98. The summed E-state index contributed by atoms with van der Waals surface area (Å²) in [4.78, 5) is 0. The Kier molecular flexibility index (Phi) is 5.11. The first-order valence-corrected chi connectivity index (χ1v) is 7.33. The van der Waals surface area contributed by atoms with Crippen LogP contribution in [0, 0.1) is 0 Å². The van der Waals surface area contributed by atoms with Gasteiger partial charge in [0.15, 0.2) is 0 Å². The summed E-state index contributed by atoms with van der Waals surface area (Å²) >= 11 is 9.44. The van der Waals surface area contributed by atoms with Crippen molar-refractivity contribution in [2.75, 3.05) is 7.11 Å². The van der Waals surface area contributed by atoms with E-state index in [1.54, 1.807) is 13.2 Å². The Hall–Kier alpha value is -1.19. The molecule has 2 aromatic carbocycles. The van der Waals surface area contributed by atoms with Gasteiger partial charge in [0.1, 0.15) is 18.1 Å². The van der Waals surface area contributed by atoms with Crippen LogP contribution >= 0.6 is 27.5 Å². The van der Waals surface area contributed by atoms with E-state index in [0.717, 1.165) is 28.0 Å². The van der Waals surface area contributed by atoms with E-state index in [9.17, 15) is 0 Å². The van der Waals surface area contributed by atoms with Crippen LogP contribution in [0.25, 0.3) is 0 Å². The van der Waals surface area contributed by atoms with Gasteiger partial charge in [-0.2, -0.15) is 0 Å². The van der Waals surface area contributed by atoms with Crippen LogP contribution in [0.2, 0.25) is 5.02 Å². The van der Waals surface area contributed by atoms with Crippen molar-refractivity contribution < 1.29 is 9.47 Å². The highest BCUT2D eigenvalue weighted by Crippen LogP contribution is 2.26. The van der Waals surface area contributed by atoms with Crippen molar-refractivity contribution in [3.05, 3.63) is 58.6 Å². The summed E-state index contributed by atoms with van der Waals surface area (Å²) in [6.07, 6.45) is 0. The summed E-state index contributed by atoms with van der Waals surface area (Å²) in [7, 11) is 1.64. The molecule has 0 N–H and O–H groups in total. The van der Waals surface area contributed by atoms with Crippen LogP contribution in [0.4, 0.5) is 0 Å². The van der Waals surface area contributed by atoms with Crippen molar-refractivity contribution in [2.24, 2.45) is 0 Å². The fourth-order valence-corrected chi connectivity index (χ4v) is 2.43. The van der Waals surface area contributed by atoms with Crippen molar-refractivity contribution >= 4 is 27.5 Å². The van der Waals surface area contributed by atoms with E-state index in [1.807, 2.05) is 36.4 Å². The van der Waals surface area contributed by atoms with Crippen molar-refractivity contribution in [2.45, 2.75) is 11.9 Å². The summed E-state index contributed by atoms with van der Waals surface area (Å²) in [6.45, 7) is 0.424. The number of halogens is 2. The second-order valence-electron chi connectivity index (χ2n) is 3.99. The first kappa shape index (κ1) is 14.2. The lowest BCUT2D eigenvalue weighted by Crippen LogP contribution is -2.00. The average molecular weight is 342 g/mol. The highest BCUT2D eigenvalue weighted by Gasteiger charge is 2.07. The molecule has 2 aromatic rings. The number of rotatable bonds is 5. The molecular weight excluding hydrogens is 328 g/mol. The molecule has 2 nitrogen and oxygen atoms in total. The minimum Gasteiger partial charge on any atom is -0.496 e. The fourth-order valence-electron chi connectivity index (χ4n) is 1.77. The van der Waals surface area contributed by atoms with Gasteiger partial charge >= 0.3 is 0 Å². The van der Waals surface area contributed by atoms with Crippen LogP contribution in [0.5, 0.6) is 11.5 Å². The molecule has 0 aliphatic heterocycles. The van der Waals surface area contributed by atoms with Crippen LogP contribution in [-0.4, -0.2) is 7.11 Å². The molecule has 0 saturated carbocycles. The van der Waals surface area contributed by atoms with Gasteiger partial charge in [0.25, 0.3) is 0 Å². The molecule has 0 fully saturated rings. The predicted octanol–water partition coefficient (Wildman–Crippen LogP) is 4.82. The van der Waals surface area contributed by atoms with Gasteiger partial charge < -0.3 is 9.47 Å². The SMILES string of the molecule is COc1ccc(Cl)cc1COc1ccccc1CBr.